The summed E-state index contributed by atoms with van der Waals surface area (Å²) in [6.45, 7) is 0. The summed E-state index contributed by atoms with van der Waals surface area (Å²) in [6.07, 6.45) is 0. The van der Waals surface area contributed by atoms with Crippen LogP contribution in [0.2, 0.25) is 0 Å². The minimum absolute atomic E-state index is 0.578. The molecular weight excluding hydrogens is 544 g/mol. The zero-order valence-corrected chi connectivity index (χ0v) is 23.3. The molecule has 6 nitrogen and oxygen atoms in total. The normalized spacial score (nSPS) is 11.6. The summed E-state index contributed by atoms with van der Waals surface area (Å²) in [5.41, 5.74) is 6.60. The molecule has 0 spiro atoms. The van der Waals surface area contributed by atoms with Crippen molar-refractivity contribution in [2.75, 3.05) is 0 Å². The number of nitrogens with zero attached hydrogens (tertiary/aromatic N) is 4. The minimum Gasteiger partial charge on any atom is -0.456 e. The maximum atomic E-state index is 6.52. The first-order chi connectivity index (χ1) is 21.8. The molecule has 0 aliphatic heterocycles. The molecule has 0 radical (unpaired) electrons. The number of hydrogen-bond acceptors (Lipinski definition) is 6. The van der Waals surface area contributed by atoms with Crippen molar-refractivity contribution < 1.29 is 8.83 Å². The second-order valence-electron chi connectivity index (χ2n) is 10.7. The summed E-state index contributed by atoms with van der Waals surface area (Å²) < 4.78 is 12.7. The van der Waals surface area contributed by atoms with Gasteiger partial charge >= 0.3 is 0 Å². The molecule has 0 bridgehead atoms. The van der Waals surface area contributed by atoms with Crippen molar-refractivity contribution in [1.29, 1.82) is 0 Å². The predicted molar refractivity (Wildman–Crippen MR) is 174 cm³/mol. The van der Waals surface area contributed by atoms with E-state index in [0.29, 0.717) is 28.9 Å². The van der Waals surface area contributed by atoms with Crippen LogP contribution in [0.25, 0.3) is 89.4 Å². The van der Waals surface area contributed by atoms with E-state index in [9.17, 15) is 0 Å². The number of benzene rings is 6. The molecule has 44 heavy (non-hydrogen) atoms. The number of furan rings is 1. The highest BCUT2D eigenvalue weighted by atomic mass is 16.4. The Kier molecular flexibility index (Phi) is 5.40. The van der Waals surface area contributed by atoms with Gasteiger partial charge in [0.2, 0.25) is 5.89 Å². The zero-order valence-electron chi connectivity index (χ0n) is 23.3. The molecule has 0 atom stereocenters. The van der Waals surface area contributed by atoms with Gasteiger partial charge in [-0.15, -0.1) is 0 Å². The summed E-state index contributed by atoms with van der Waals surface area (Å²) in [5.74, 6) is 2.38. The Morgan fingerprint density at radius 1 is 0.386 bits per heavy atom. The Hall–Kier alpha value is -6.14. The summed E-state index contributed by atoms with van der Waals surface area (Å²) in [4.78, 5) is 19.8. The van der Waals surface area contributed by atoms with Gasteiger partial charge in [-0.25, -0.2) is 19.9 Å². The van der Waals surface area contributed by atoms with E-state index in [4.69, 9.17) is 28.8 Å². The third-order valence-electron chi connectivity index (χ3n) is 7.96. The molecule has 0 unspecified atom stereocenters. The first-order valence-corrected chi connectivity index (χ1v) is 14.4. The van der Waals surface area contributed by atoms with Crippen LogP contribution in [0, 0.1) is 0 Å². The van der Waals surface area contributed by atoms with E-state index < -0.39 is 0 Å². The van der Waals surface area contributed by atoms with Gasteiger partial charge < -0.3 is 8.83 Å². The van der Waals surface area contributed by atoms with E-state index in [1.165, 1.54) is 0 Å². The molecule has 0 amide bonds. The fourth-order valence-electron chi connectivity index (χ4n) is 5.93. The quantitative estimate of drug-likeness (QED) is 0.211. The number of fused-ring (bicyclic) bond motifs is 7. The van der Waals surface area contributed by atoms with Crippen molar-refractivity contribution in [3.8, 4) is 45.6 Å². The Morgan fingerprint density at radius 3 is 1.59 bits per heavy atom. The van der Waals surface area contributed by atoms with E-state index in [2.05, 4.69) is 12.1 Å². The highest BCUT2D eigenvalue weighted by molar-refractivity contribution is 6.27. The van der Waals surface area contributed by atoms with Gasteiger partial charge in [0.15, 0.2) is 23.1 Å². The molecule has 0 N–H and O–H groups in total. The summed E-state index contributed by atoms with van der Waals surface area (Å²) in [7, 11) is 0. The lowest BCUT2D eigenvalue weighted by atomic mass is 9.98. The average Bonchev–Trinajstić information content (AvgIpc) is 3.71. The second kappa shape index (κ2) is 9.71. The zero-order chi connectivity index (χ0) is 29.0. The van der Waals surface area contributed by atoms with Gasteiger partial charge in [-0.2, -0.15) is 0 Å². The summed E-state index contributed by atoms with van der Waals surface area (Å²) in [6, 6.07) is 44.2. The molecule has 0 aliphatic rings. The van der Waals surface area contributed by atoms with Crippen LogP contribution < -0.4 is 0 Å². The monoisotopic (exact) mass is 566 g/mol. The molecule has 0 saturated carbocycles. The predicted octanol–water partition coefficient (Wildman–Crippen LogP) is 9.73. The molecule has 0 aliphatic carbocycles. The Bertz CT molecular complexity index is 2430. The minimum atomic E-state index is 0.578. The van der Waals surface area contributed by atoms with Crippen LogP contribution in [0.4, 0.5) is 0 Å². The van der Waals surface area contributed by atoms with Crippen molar-refractivity contribution in [2.45, 2.75) is 0 Å². The number of oxazole rings is 1. The van der Waals surface area contributed by atoms with Gasteiger partial charge in [0, 0.05) is 27.6 Å². The average molecular weight is 567 g/mol. The van der Waals surface area contributed by atoms with Gasteiger partial charge in [0.1, 0.15) is 16.7 Å². The van der Waals surface area contributed by atoms with Crippen molar-refractivity contribution in [3.05, 3.63) is 133 Å². The highest BCUT2D eigenvalue weighted by Gasteiger charge is 2.21. The van der Waals surface area contributed by atoms with Crippen LogP contribution in [0.1, 0.15) is 0 Å². The van der Waals surface area contributed by atoms with E-state index in [0.717, 1.165) is 60.5 Å². The maximum Gasteiger partial charge on any atom is 0.227 e. The third-order valence-corrected chi connectivity index (χ3v) is 7.96. The Labute approximate surface area is 251 Å². The first kappa shape index (κ1) is 24.5. The molecular formula is C38H22N4O2. The number of hydrogen-bond donors (Lipinski definition) is 0. The highest BCUT2D eigenvalue weighted by Crippen LogP contribution is 2.42. The van der Waals surface area contributed by atoms with Crippen LogP contribution in [-0.2, 0) is 0 Å². The second-order valence-corrected chi connectivity index (χ2v) is 10.7. The lowest BCUT2D eigenvalue weighted by molar-refractivity contribution is 0.619. The van der Waals surface area contributed by atoms with Gasteiger partial charge in [-0.3, -0.25) is 0 Å². The first-order valence-electron chi connectivity index (χ1n) is 14.4. The lowest BCUT2D eigenvalue weighted by Gasteiger charge is -2.11. The van der Waals surface area contributed by atoms with Crippen molar-refractivity contribution in [1.82, 2.24) is 19.9 Å². The largest absolute Gasteiger partial charge is 0.456 e. The van der Waals surface area contributed by atoms with Gasteiger partial charge in [0.25, 0.3) is 0 Å². The van der Waals surface area contributed by atoms with Gasteiger partial charge in [0.05, 0.1) is 5.39 Å². The topological polar surface area (TPSA) is 77.8 Å². The standard InChI is InChI=1S/C38H22N4O2/c1-4-12-23(13-5-1)35-40-36(24-14-6-2-7-15-24)42-37(41-35)28-22-31-32(27-19-11-10-18-26(27)28)33-29(43-31)20-21-30-34(33)39-38(44-30)25-16-8-3-9-17-25/h1-22H. The number of aromatic nitrogens is 4. The lowest BCUT2D eigenvalue weighted by Crippen LogP contribution is -2.00. The maximum absolute atomic E-state index is 6.52. The summed E-state index contributed by atoms with van der Waals surface area (Å²) >= 11 is 0. The van der Waals surface area contributed by atoms with Crippen LogP contribution >= 0.6 is 0 Å². The molecule has 3 heterocycles. The Morgan fingerprint density at radius 2 is 0.932 bits per heavy atom. The van der Waals surface area contributed by atoms with Crippen LogP contribution in [-0.4, -0.2) is 19.9 Å². The fourth-order valence-corrected chi connectivity index (χ4v) is 5.93. The summed E-state index contributed by atoms with van der Waals surface area (Å²) in [5, 5.41) is 3.95. The van der Waals surface area contributed by atoms with Crippen molar-refractivity contribution >= 4 is 43.8 Å². The third kappa shape index (κ3) is 3.89. The van der Waals surface area contributed by atoms with E-state index >= 15 is 0 Å². The molecule has 9 rings (SSSR count). The molecule has 3 aromatic heterocycles. The van der Waals surface area contributed by atoms with E-state index in [-0.39, 0.29) is 0 Å². The molecule has 0 saturated heterocycles. The number of rotatable bonds is 4. The molecule has 0 fully saturated rings. The van der Waals surface area contributed by atoms with Crippen LogP contribution in [0.5, 0.6) is 0 Å². The molecule has 9 aromatic rings. The SMILES string of the molecule is c1ccc(-c2nc(-c3ccccc3)nc(-c3cc4oc5ccc6oc(-c7ccccc7)nc6c5c4c4ccccc34)n2)cc1. The van der Waals surface area contributed by atoms with Gasteiger partial charge in [-0.05, 0) is 41.1 Å². The van der Waals surface area contributed by atoms with Gasteiger partial charge in [-0.1, -0.05) is 103 Å². The smallest absolute Gasteiger partial charge is 0.227 e. The van der Waals surface area contributed by atoms with Crippen LogP contribution in [0.15, 0.2) is 142 Å². The van der Waals surface area contributed by atoms with E-state index in [1.807, 2.05) is 121 Å². The molecule has 206 valence electrons. The van der Waals surface area contributed by atoms with Crippen LogP contribution in [0.3, 0.4) is 0 Å². The van der Waals surface area contributed by atoms with Crippen molar-refractivity contribution in [2.24, 2.45) is 0 Å². The Balaban J connectivity index is 1.33. The fraction of sp³-hybridized carbons (Fsp3) is 0. The molecule has 6 heteroatoms. The van der Waals surface area contributed by atoms with Crippen molar-refractivity contribution in [3.63, 3.8) is 0 Å². The van der Waals surface area contributed by atoms with E-state index in [1.54, 1.807) is 0 Å². The molecule has 6 aromatic carbocycles.